The summed E-state index contributed by atoms with van der Waals surface area (Å²) >= 11 is 0. The van der Waals surface area contributed by atoms with E-state index < -0.39 is 16.1 Å². The number of benzene rings is 2. The smallest absolute Gasteiger partial charge is 0.411 e. The van der Waals surface area contributed by atoms with Gasteiger partial charge in [0.1, 0.15) is 0 Å². The van der Waals surface area contributed by atoms with Crippen LogP contribution in [0.2, 0.25) is 0 Å². The first-order valence-corrected chi connectivity index (χ1v) is 12.4. The molecule has 1 atom stereocenters. The van der Waals surface area contributed by atoms with E-state index in [0.29, 0.717) is 28.9 Å². The summed E-state index contributed by atoms with van der Waals surface area (Å²) in [6.45, 7) is 5.94. The quantitative estimate of drug-likeness (QED) is 0.587. The van der Waals surface area contributed by atoms with Crippen LogP contribution in [-0.2, 0) is 14.8 Å². The summed E-state index contributed by atoms with van der Waals surface area (Å²) in [6, 6.07) is 12.8. The third kappa shape index (κ3) is 4.28. The van der Waals surface area contributed by atoms with Crippen molar-refractivity contribution in [3.05, 3.63) is 60.9 Å². The van der Waals surface area contributed by atoms with E-state index in [9.17, 15) is 23.1 Å². The molecule has 10 heteroatoms. The van der Waals surface area contributed by atoms with E-state index in [4.69, 9.17) is 0 Å². The van der Waals surface area contributed by atoms with Gasteiger partial charge in [-0.15, -0.1) is 0 Å². The maximum Gasteiger partial charge on any atom is 0.411 e. The fourth-order valence-electron chi connectivity index (χ4n) is 4.14. The van der Waals surface area contributed by atoms with Crippen LogP contribution < -0.4 is 9.80 Å². The SMILES string of the molecule is CC(C)CC(=O)N1c2ccc(-c3ccc(S(=O)(=O)n4cccn4)cc3)cc2N(C(=O)O)C[C@@H]1C. The van der Waals surface area contributed by atoms with Gasteiger partial charge in [0.15, 0.2) is 0 Å². The molecule has 1 aliphatic rings. The Hall–Kier alpha value is -3.66. The maximum atomic E-state index is 12.9. The van der Waals surface area contributed by atoms with Crippen molar-refractivity contribution in [1.82, 2.24) is 9.19 Å². The summed E-state index contributed by atoms with van der Waals surface area (Å²) in [6.07, 6.45) is 2.02. The molecule has 0 bridgehead atoms. The zero-order valence-electron chi connectivity index (χ0n) is 19.1. The molecule has 0 unspecified atom stereocenters. The highest BCUT2D eigenvalue weighted by Gasteiger charge is 2.35. The van der Waals surface area contributed by atoms with Gasteiger partial charge in [0.2, 0.25) is 5.91 Å². The lowest BCUT2D eigenvalue weighted by Gasteiger charge is -2.40. The Kier molecular flexibility index (Phi) is 6.18. The van der Waals surface area contributed by atoms with E-state index in [1.54, 1.807) is 29.2 Å². The second-order valence-electron chi connectivity index (χ2n) is 8.72. The van der Waals surface area contributed by atoms with Crippen molar-refractivity contribution in [3.8, 4) is 11.1 Å². The molecule has 0 saturated carbocycles. The first-order valence-electron chi connectivity index (χ1n) is 10.9. The number of nitrogens with zero attached hydrogens (tertiary/aromatic N) is 4. The molecule has 3 aromatic rings. The molecule has 1 aliphatic heterocycles. The maximum absolute atomic E-state index is 12.9. The Labute approximate surface area is 198 Å². The van der Waals surface area contributed by atoms with Gasteiger partial charge in [-0.1, -0.05) is 32.0 Å². The van der Waals surface area contributed by atoms with Crippen LogP contribution >= 0.6 is 0 Å². The molecule has 0 fully saturated rings. The van der Waals surface area contributed by atoms with Crippen molar-refractivity contribution in [3.63, 3.8) is 0 Å². The van der Waals surface area contributed by atoms with Gasteiger partial charge in [0.25, 0.3) is 10.0 Å². The Morgan fingerprint density at radius 1 is 1.09 bits per heavy atom. The van der Waals surface area contributed by atoms with E-state index in [1.165, 1.54) is 35.5 Å². The molecule has 2 heterocycles. The average Bonchev–Trinajstić information content (AvgIpc) is 3.33. The molecule has 2 amide bonds. The minimum Gasteiger partial charge on any atom is -0.465 e. The molecule has 1 N–H and O–H groups in total. The average molecular weight is 483 g/mol. The van der Waals surface area contributed by atoms with Crippen LogP contribution in [0.3, 0.4) is 0 Å². The van der Waals surface area contributed by atoms with E-state index in [1.807, 2.05) is 26.8 Å². The lowest BCUT2D eigenvalue weighted by Crippen LogP contribution is -2.51. The standard InChI is InChI=1S/C24H26N4O5S/c1-16(2)13-23(29)28-17(3)15-26(24(30)31)22-14-19(7-10-21(22)28)18-5-8-20(9-6-18)34(32,33)27-12-4-11-25-27/h4-12,14,16-17H,13,15H2,1-3H3,(H,30,31)/t17-/m0/s1. The third-order valence-electron chi connectivity index (χ3n) is 5.71. The van der Waals surface area contributed by atoms with E-state index in [-0.39, 0.29) is 29.3 Å². The Balaban J connectivity index is 1.72. The summed E-state index contributed by atoms with van der Waals surface area (Å²) in [7, 11) is -3.79. The van der Waals surface area contributed by atoms with Gasteiger partial charge in [-0.25, -0.2) is 4.79 Å². The monoisotopic (exact) mass is 482 g/mol. The Morgan fingerprint density at radius 2 is 1.76 bits per heavy atom. The van der Waals surface area contributed by atoms with Crippen molar-refractivity contribution in [2.45, 2.75) is 38.1 Å². The molecular weight excluding hydrogens is 456 g/mol. The second-order valence-corrected chi connectivity index (χ2v) is 10.5. The highest BCUT2D eigenvalue weighted by molar-refractivity contribution is 7.89. The first kappa shape index (κ1) is 23.5. The Bertz CT molecular complexity index is 1320. The number of rotatable bonds is 5. The van der Waals surface area contributed by atoms with Crippen LogP contribution in [0.4, 0.5) is 16.2 Å². The summed E-state index contributed by atoms with van der Waals surface area (Å²) < 4.78 is 26.2. The van der Waals surface area contributed by atoms with Crippen LogP contribution in [0.5, 0.6) is 0 Å². The largest absolute Gasteiger partial charge is 0.465 e. The van der Waals surface area contributed by atoms with E-state index >= 15 is 0 Å². The van der Waals surface area contributed by atoms with Crippen molar-refractivity contribution in [1.29, 1.82) is 0 Å². The highest BCUT2D eigenvalue weighted by Crippen LogP contribution is 2.39. The number of fused-ring (bicyclic) bond motifs is 1. The summed E-state index contributed by atoms with van der Waals surface area (Å²) in [4.78, 5) is 27.9. The number of carboxylic acid groups (broad SMARTS) is 1. The minimum atomic E-state index is -3.79. The van der Waals surface area contributed by atoms with Gasteiger partial charge in [-0.05, 0) is 54.3 Å². The van der Waals surface area contributed by atoms with Crippen LogP contribution in [-0.4, -0.2) is 47.3 Å². The van der Waals surface area contributed by atoms with Crippen LogP contribution in [0.1, 0.15) is 27.2 Å². The fraction of sp³-hybridized carbons (Fsp3) is 0.292. The first-order chi connectivity index (χ1) is 16.1. The summed E-state index contributed by atoms with van der Waals surface area (Å²) in [5, 5.41) is 13.6. The number of hydrogen-bond acceptors (Lipinski definition) is 5. The molecular formula is C24H26N4O5S. The third-order valence-corrected chi connectivity index (χ3v) is 7.28. The normalized spacial score (nSPS) is 15.9. The van der Waals surface area contributed by atoms with E-state index in [0.717, 1.165) is 4.09 Å². The molecule has 0 saturated heterocycles. The molecule has 2 aromatic carbocycles. The van der Waals surface area contributed by atoms with E-state index in [2.05, 4.69) is 5.10 Å². The molecule has 9 nitrogen and oxygen atoms in total. The van der Waals surface area contributed by atoms with Crippen LogP contribution in [0, 0.1) is 5.92 Å². The lowest BCUT2D eigenvalue weighted by atomic mass is 10.00. The van der Waals surface area contributed by atoms with Crippen LogP contribution in [0.25, 0.3) is 11.1 Å². The minimum absolute atomic E-state index is 0.0466. The molecule has 0 radical (unpaired) electrons. The topological polar surface area (TPSA) is 113 Å². The predicted molar refractivity (Wildman–Crippen MR) is 128 cm³/mol. The number of hydrogen-bond donors (Lipinski definition) is 1. The molecule has 34 heavy (non-hydrogen) atoms. The summed E-state index contributed by atoms with van der Waals surface area (Å²) in [5.74, 6) is 0.131. The van der Waals surface area contributed by atoms with Gasteiger partial charge >= 0.3 is 6.09 Å². The zero-order valence-corrected chi connectivity index (χ0v) is 19.9. The molecule has 0 aliphatic carbocycles. The molecule has 1 aromatic heterocycles. The highest BCUT2D eigenvalue weighted by atomic mass is 32.2. The molecule has 0 spiro atoms. The Morgan fingerprint density at radius 3 is 2.35 bits per heavy atom. The van der Waals surface area contributed by atoms with Crippen molar-refractivity contribution in [2.24, 2.45) is 5.92 Å². The fourth-order valence-corrected chi connectivity index (χ4v) is 5.24. The van der Waals surface area contributed by atoms with Crippen molar-refractivity contribution < 1.29 is 23.1 Å². The summed E-state index contributed by atoms with van der Waals surface area (Å²) in [5.41, 5.74) is 2.40. The van der Waals surface area contributed by atoms with Gasteiger partial charge in [-0.3, -0.25) is 9.69 Å². The van der Waals surface area contributed by atoms with Crippen molar-refractivity contribution in [2.75, 3.05) is 16.3 Å². The lowest BCUT2D eigenvalue weighted by molar-refractivity contribution is -0.119. The number of aromatic nitrogens is 2. The molecule has 4 rings (SSSR count). The predicted octanol–water partition coefficient (Wildman–Crippen LogP) is 4.05. The zero-order chi connectivity index (χ0) is 24.6. The number of carbonyl (C=O) groups is 2. The van der Waals surface area contributed by atoms with Gasteiger partial charge < -0.3 is 10.0 Å². The van der Waals surface area contributed by atoms with Crippen LogP contribution in [0.15, 0.2) is 65.8 Å². The van der Waals surface area contributed by atoms with Gasteiger partial charge in [0.05, 0.1) is 28.5 Å². The molecule has 178 valence electrons. The second kappa shape index (κ2) is 8.94. The number of amides is 2. The van der Waals surface area contributed by atoms with Gasteiger partial charge in [-0.2, -0.15) is 17.6 Å². The number of anilines is 2. The number of carbonyl (C=O) groups excluding carboxylic acids is 1. The van der Waals surface area contributed by atoms with Crippen molar-refractivity contribution >= 4 is 33.4 Å². The van der Waals surface area contributed by atoms with Gasteiger partial charge in [0, 0.05) is 19.2 Å².